The van der Waals surface area contributed by atoms with Crippen LogP contribution in [0.2, 0.25) is 18.1 Å². The van der Waals surface area contributed by atoms with Gasteiger partial charge < -0.3 is 18.6 Å². The molecule has 0 N–H and O–H groups in total. The van der Waals surface area contributed by atoms with Gasteiger partial charge in [0.2, 0.25) is 8.32 Å². The number of methoxy groups -OCH3 is 2. The lowest BCUT2D eigenvalue weighted by Gasteiger charge is -2.39. The van der Waals surface area contributed by atoms with E-state index in [9.17, 15) is 0 Å². The van der Waals surface area contributed by atoms with E-state index in [1.165, 1.54) is 16.7 Å². The molecular formula is C30H38O4SSi. The summed E-state index contributed by atoms with van der Waals surface area (Å²) < 4.78 is 24.3. The zero-order valence-corrected chi connectivity index (χ0v) is 24.3. The summed E-state index contributed by atoms with van der Waals surface area (Å²) in [6.45, 7) is 12.0. The Bertz CT molecular complexity index is 1170. The Morgan fingerprint density at radius 1 is 0.889 bits per heavy atom. The fourth-order valence-electron chi connectivity index (χ4n) is 4.17. The Kier molecular flexibility index (Phi) is 7.96. The van der Waals surface area contributed by atoms with Crippen LogP contribution < -0.4 is 18.6 Å². The van der Waals surface area contributed by atoms with Crippen molar-refractivity contribution in [2.75, 3.05) is 20.8 Å². The second-order valence-corrected chi connectivity index (χ2v) is 16.7. The second-order valence-electron chi connectivity index (χ2n) is 10.8. The van der Waals surface area contributed by atoms with Crippen LogP contribution in [0.25, 0.3) is 0 Å². The Hall–Kier alpha value is -2.57. The molecule has 0 amide bonds. The standard InChI is InChI=1S/C30H38O4SSi/c1-30(2,3)36(6,7)34-28-18-23(32-5)13-15-24(28)26-19-33-27-17-22(31-4)14-16-25(27)29(26)35-20-21-11-9-8-10-12-21/h8-18,26,29H,19-20H2,1-7H3/t26-,29-/m1/s1. The van der Waals surface area contributed by atoms with Crippen molar-refractivity contribution in [3.8, 4) is 23.0 Å². The molecule has 4 nitrogen and oxygen atoms in total. The molecule has 1 heterocycles. The number of ether oxygens (including phenoxy) is 3. The normalized spacial score (nSPS) is 17.6. The molecule has 0 saturated carbocycles. The summed E-state index contributed by atoms with van der Waals surface area (Å²) in [5.41, 5.74) is 3.69. The number of hydrogen-bond donors (Lipinski definition) is 0. The maximum absolute atomic E-state index is 6.90. The lowest BCUT2D eigenvalue weighted by atomic mass is 9.89. The average molecular weight is 523 g/mol. The van der Waals surface area contributed by atoms with Gasteiger partial charge in [0, 0.05) is 40.2 Å². The minimum Gasteiger partial charge on any atom is -0.543 e. The minimum absolute atomic E-state index is 0.0844. The van der Waals surface area contributed by atoms with E-state index in [-0.39, 0.29) is 16.2 Å². The summed E-state index contributed by atoms with van der Waals surface area (Å²) in [6, 6.07) is 23.1. The van der Waals surface area contributed by atoms with Gasteiger partial charge in [-0.2, -0.15) is 0 Å². The molecule has 3 aromatic rings. The summed E-state index contributed by atoms with van der Waals surface area (Å²) in [4.78, 5) is 0. The van der Waals surface area contributed by atoms with Gasteiger partial charge in [-0.25, -0.2) is 0 Å². The first-order valence-corrected chi connectivity index (χ1v) is 16.4. The molecule has 3 aromatic carbocycles. The fraction of sp³-hybridized carbons (Fsp3) is 0.400. The quantitative estimate of drug-likeness (QED) is 0.278. The molecule has 1 aliphatic rings. The van der Waals surface area contributed by atoms with Crippen molar-refractivity contribution < 1.29 is 18.6 Å². The molecule has 0 saturated heterocycles. The predicted molar refractivity (Wildman–Crippen MR) is 153 cm³/mol. The molecule has 0 bridgehead atoms. The molecule has 0 unspecified atom stereocenters. The van der Waals surface area contributed by atoms with E-state index in [2.05, 4.69) is 82.4 Å². The van der Waals surface area contributed by atoms with Crippen molar-refractivity contribution in [3.05, 3.63) is 83.4 Å². The van der Waals surface area contributed by atoms with E-state index in [1.807, 2.05) is 30.0 Å². The number of hydrogen-bond acceptors (Lipinski definition) is 5. The SMILES string of the molecule is COc1ccc([C@H]2COc3cc(OC)ccc3[C@H]2SCc2ccccc2)c(O[Si](C)(C)C(C)(C)C)c1. The van der Waals surface area contributed by atoms with Crippen molar-refractivity contribution in [2.45, 2.75) is 55.8 Å². The van der Waals surface area contributed by atoms with Gasteiger partial charge in [-0.15, -0.1) is 11.8 Å². The van der Waals surface area contributed by atoms with Gasteiger partial charge in [0.15, 0.2) is 0 Å². The van der Waals surface area contributed by atoms with Crippen LogP contribution in [-0.4, -0.2) is 29.1 Å². The van der Waals surface area contributed by atoms with E-state index >= 15 is 0 Å². The average Bonchev–Trinajstić information content (AvgIpc) is 2.86. The Balaban J connectivity index is 1.75. The molecule has 0 spiro atoms. The zero-order chi connectivity index (χ0) is 25.9. The Morgan fingerprint density at radius 3 is 2.17 bits per heavy atom. The molecule has 0 aliphatic carbocycles. The molecule has 0 fully saturated rings. The van der Waals surface area contributed by atoms with E-state index in [0.29, 0.717) is 6.61 Å². The van der Waals surface area contributed by atoms with Crippen molar-refractivity contribution in [3.63, 3.8) is 0 Å². The van der Waals surface area contributed by atoms with E-state index < -0.39 is 8.32 Å². The monoisotopic (exact) mass is 522 g/mol. The topological polar surface area (TPSA) is 36.9 Å². The fourth-order valence-corrected chi connectivity index (χ4v) is 6.60. The molecule has 0 radical (unpaired) electrons. The van der Waals surface area contributed by atoms with Crippen LogP contribution in [0.1, 0.15) is 48.6 Å². The highest BCUT2D eigenvalue weighted by molar-refractivity contribution is 7.98. The van der Waals surface area contributed by atoms with Crippen molar-refractivity contribution in [1.82, 2.24) is 0 Å². The van der Waals surface area contributed by atoms with Gasteiger partial charge in [-0.05, 0) is 35.8 Å². The van der Waals surface area contributed by atoms with Crippen LogP contribution >= 0.6 is 11.8 Å². The highest BCUT2D eigenvalue weighted by Crippen LogP contribution is 2.52. The highest BCUT2D eigenvalue weighted by Gasteiger charge is 2.41. The summed E-state index contributed by atoms with van der Waals surface area (Å²) >= 11 is 1.96. The van der Waals surface area contributed by atoms with Crippen LogP contribution in [0, 0.1) is 0 Å². The molecule has 1 aliphatic heterocycles. The molecule has 36 heavy (non-hydrogen) atoms. The Labute approximate surface area is 221 Å². The number of benzene rings is 3. The van der Waals surface area contributed by atoms with E-state index in [0.717, 1.165) is 28.8 Å². The van der Waals surface area contributed by atoms with Crippen LogP contribution in [0.15, 0.2) is 66.7 Å². The van der Waals surface area contributed by atoms with Crippen LogP contribution in [0.4, 0.5) is 0 Å². The Morgan fingerprint density at radius 2 is 1.53 bits per heavy atom. The van der Waals surface area contributed by atoms with Crippen LogP contribution in [0.3, 0.4) is 0 Å². The first kappa shape index (κ1) is 26.5. The van der Waals surface area contributed by atoms with Crippen molar-refractivity contribution >= 4 is 20.1 Å². The maximum Gasteiger partial charge on any atom is 0.250 e. The van der Waals surface area contributed by atoms with Gasteiger partial charge in [0.05, 0.1) is 20.8 Å². The second kappa shape index (κ2) is 10.8. The zero-order valence-electron chi connectivity index (χ0n) is 22.5. The molecule has 0 aromatic heterocycles. The highest BCUT2D eigenvalue weighted by atomic mass is 32.2. The van der Waals surface area contributed by atoms with Gasteiger partial charge >= 0.3 is 0 Å². The molecule has 192 valence electrons. The van der Waals surface area contributed by atoms with Crippen LogP contribution in [0.5, 0.6) is 23.0 Å². The third-order valence-electron chi connectivity index (χ3n) is 7.37. The van der Waals surface area contributed by atoms with Crippen molar-refractivity contribution in [2.24, 2.45) is 0 Å². The third kappa shape index (κ3) is 5.70. The number of rotatable bonds is 8. The number of thioether (sulfide) groups is 1. The summed E-state index contributed by atoms with van der Waals surface area (Å²) in [7, 11) is 1.32. The van der Waals surface area contributed by atoms with Crippen LogP contribution in [-0.2, 0) is 5.75 Å². The maximum atomic E-state index is 6.90. The van der Waals surface area contributed by atoms with Gasteiger partial charge in [0.25, 0.3) is 0 Å². The van der Waals surface area contributed by atoms with Gasteiger partial charge in [0.1, 0.15) is 23.0 Å². The van der Waals surface area contributed by atoms with E-state index in [1.54, 1.807) is 14.2 Å². The predicted octanol–water partition coefficient (Wildman–Crippen LogP) is 8.24. The number of fused-ring (bicyclic) bond motifs is 1. The lowest BCUT2D eigenvalue weighted by molar-refractivity contribution is 0.256. The largest absolute Gasteiger partial charge is 0.543 e. The molecule has 4 rings (SSSR count). The van der Waals surface area contributed by atoms with Gasteiger partial charge in [-0.1, -0.05) is 63.2 Å². The molecule has 2 atom stereocenters. The molecule has 6 heteroatoms. The minimum atomic E-state index is -2.07. The molecular weight excluding hydrogens is 484 g/mol. The first-order chi connectivity index (χ1) is 17.1. The first-order valence-electron chi connectivity index (χ1n) is 12.5. The summed E-state index contributed by atoms with van der Waals surface area (Å²) in [6.07, 6.45) is 0. The van der Waals surface area contributed by atoms with E-state index in [4.69, 9.17) is 18.6 Å². The smallest absolute Gasteiger partial charge is 0.250 e. The van der Waals surface area contributed by atoms with Crippen molar-refractivity contribution in [1.29, 1.82) is 0 Å². The summed E-state index contributed by atoms with van der Waals surface area (Å²) in [5.74, 6) is 4.48. The summed E-state index contributed by atoms with van der Waals surface area (Å²) in [5, 5.41) is 0.288. The third-order valence-corrected chi connectivity index (χ3v) is 13.2. The lowest BCUT2D eigenvalue weighted by Crippen LogP contribution is -2.44. The van der Waals surface area contributed by atoms with Gasteiger partial charge in [-0.3, -0.25) is 0 Å².